The standard InChI is InChI=1S/C12H10Br2O2/c1-15-11-7-5-3-4-6-8(7)12(16-2)10(14)9(11)13/h3-6H,1-2H3. The Morgan fingerprint density at radius 1 is 0.812 bits per heavy atom. The summed E-state index contributed by atoms with van der Waals surface area (Å²) in [6.45, 7) is 0. The van der Waals surface area contributed by atoms with Crippen LogP contribution in [0.2, 0.25) is 0 Å². The van der Waals surface area contributed by atoms with E-state index in [-0.39, 0.29) is 0 Å². The topological polar surface area (TPSA) is 18.5 Å². The van der Waals surface area contributed by atoms with E-state index in [1.165, 1.54) is 0 Å². The molecule has 0 unspecified atom stereocenters. The molecule has 0 aliphatic rings. The van der Waals surface area contributed by atoms with E-state index < -0.39 is 0 Å². The van der Waals surface area contributed by atoms with Crippen LogP contribution in [0.25, 0.3) is 10.8 Å². The fraction of sp³-hybridized carbons (Fsp3) is 0.167. The fourth-order valence-electron chi connectivity index (χ4n) is 1.71. The Balaban J connectivity index is 2.95. The van der Waals surface area contributed by atoms with Crippen molar-refractivity contribution in [2.24, 2.45) is 0 Å². The molecule has 4 heteroatoms. The number of benzene rings is 2. The van der Waals surface area contributed by atoms with E-state index in [0.29, 0.717) is 0 Å². The van der Waals surface area contributed by atoms with E-state index >= 15 is 0 Å². The second-order valence-electron chi connectivity index (χ2n) is 3.24. The molecule has 0 fully saturated rings. The van der Waals surface area contributed by atoms with Gasteiger partial charge in [-0.3, -0.25) is 0 Å². The molecule has 0 N–H and O–H groups in total. The van der Waals surface area contributed by atoms with Crippen LogP contribution < -0.4 is 9.47 Å². The van der Waals surface area contributed by atoms with Gasteiger partial charge in [-0.05, 0) is 31.9 Å². The third-order valence-electron chi connectivity index (χ3n) is 2.42. The second kappa shape index (κ2) is 4.63. The molecule has 2 aromatic rings. The summed E-state index contributed by atoms with van der Waals surface area (Å²) in [5, 5.41) is 2.05. The number of hydrogen-bond donors (Lipinski definition) is 0. The highest BCUT2D eigenvalue weighted by molar-refractivity contribution is 9.13. The van der Waals surface area contributed by atoms with Gasteiger partial charge in [0.2, 0.25) is 0 Å². The molecule has 2 nitrogen and oxygen atoms in total. The molecular formula is C12H10Br2O2. The van der Waals surface area contributed by atoms with Crippen molar-refractivity contribution in [1.29, 1.82) is 0 Å². The van der Waals surface area contributed by atoms with Crippen LogP contribution in [-0.4, -0.2) is 14.2 Å². The van der Waals surface area contributed by atoms with E-state index in [0.717, 1.165) is 31.2 Å². The first-order valence-corrected chi connectivity index (χ1v) is 6.27. The predicted molar refractivity (Wildman–Crippen MR) is 72.5 cm³/mol. The fourth-order valence-corrected chi connectivity index (χ4v) is 2.83. The minimum absolute atomic E-state index is 0.809. The summed E-state index contributed by atoms with van der Waals surface area (Å²) < 4.78 is 12.5. The maximum Gasteiger partial charge on any atom is 0.142 e. The van der Waals surface area contributed by atoms with Crippen LogP contribution in [0.5, 0.6) is 11.5 Å². The summed E-state index contributed by atoms with van der Waals surface area (Å²) in [5.41, 5.74) is 0. The summed E-state index contributed by atoms with van der Waals surface area (Å²) in [5.74, 6) is 1.62. The van der Waals surface area contributed by atoms with Gasteiger partial charge in [-0.1, -0.05) is 24.3 Å². The number of hydrogen-bond acceptors (Lipinski definition) is 2. The van der Waals surface area contributed by atoms with Crippen molar-refractivity contribution >= 4 is 42.6 Å². The zero-order valence-electron chi connectivity index (χ0n) is 8.88. The molecule has 2 rings (SSSR count). The Morgan fingerprint density at radius 3 is 1.50 bits per heavy atom. The third kappa shape index (κ3) is 1.70. The van der Waals surface area contributed by atoms with Crippen molar-refractivity contribution < 1.29 is 9.47 Å². The summed E-state index contributed by atoms with van der Waals surface area (Å²) in [4.78, 5) is 0. The molecule has 2 aromatic carbocycles. The summed E-state index contributed by atoms with van der Waals surface area (Å²) in [6.07, 6.45) is 0. The Bertz CT molecular complexity index is 490. The van der Waals surface area contributed by atoms with E-state index in [9.17, 15) is 0 Å². The van der Waals surface area contributed by atoms with Crippen LogP contribution in [0.1, 0.15) is 0 Å². The first kappa shape index (κ1) is 11.7. The minimum Gasteiger partial charge on any atom is -0.495 e. The molecule has 16 heavy (non-hydrogen) atoms. The van der Waals surface area contributed by atoms with Crippen molar-refractivity contribution in [3.63, 3.8) is 0 Å². The average Bonchev–Trinajstić information content (AvgIpc) is 2.31. The molecule has 0 radical (unpaired) electrons. The zero-order chi connectivity index (χ0) is 11.7. The number of rotatable bonds is 2. The minimum atomic E-state index is 0.809. The summed E-state index contributed by atoms with van der Waals surface area (Å²) >= 11 is 7.00. The van der Waals surface area contributed by atoms with Gasteiger partial charge in [0.05, 0.1) is 23.2 Å². The number of halogens is 2. The van der Waals surface area contributed by atoms with Gasteiger partial charge < -0.3 is 9.47 Å². The molecule has 0 saturated heterocycles. The van der Waals surface area contributed by atoms with E-state index in [4.69, 9.17) is 9.47 Å². The molecule has 0 spiro atoms. The van der Waals surface area contributed by atoms with Gasteiger partial charge >= 0.3 is 0 Å². The molecule has 0 heterocycles. The van der Waals surface area contributed by atoms with Gasteiger partial charge in [0.25, 0.3) is 0 Å². The SMILES string of the molecule is COc1c(Br)c(Br)c(OC)c2ccccc12. The highest BCUT2D eigenvalue weighted by atomic mass is 79.9. The number of fused-ring (bicyclic) bond motifs is 1. The van der Waals surface area contributed by atoms with Gasteiger partial charge in [0.1, 0.15) is 11.5 Å². The number of methoxy groups -OCH3 is 2. The van der Waals surface area contributed by atoms with Crippen LogP contribution in [-0.2, 0) is 0 Å². The third-order valence-corrected chi connectivity index (χ3v) is 4.46. The average molecular weight is 346 g/mol. The van der Waals surface area contributed by atoms with E-state index in [1.54, 1.807) is 14.2 Å². The maximum absolute atomic E-state index is 5.41. The van der Waals surface area contributed by atoms with Crippen LogP contribution in [0.4, 0.5) is 0 Å². The molecular weight excluding hydrogens is 336 g/mol. The normalized spacial score (nSPS) is 10.5. The summed E-state index contributed by atoms with van der Waals surface area (Å²) in [6, 6.07) is 7.97. The molecule has 0 saturated carbocycles. The quantitative estimate of drug-likeness (QED) is 0.804. The van der Waals surface area contributed by atoms with Crippen molar-refractivity contribution in [3.8, 4) is 11.5 Å². The zero-order valence-corrected chi connectivity index (χ0v) is 12.1. The molecule has 0 amide bonds. The van der Waals surface area contributed by atoms with Crippen molar-refractivity contribution in [3.05, 3.63) is 33.2 Å². The van der Waals surface area contributed by atoms with Crippen LogP contribution in [0.15, 0.2) is 33.2 Å². The van der Waals surface area contributed by atoms with Crippen molar-refractivity contribution in [2.45, 2.75) is 0 Å². The first-order chi connectivity index (χ1) is 7.70. The molecule has 0 aliphatic carbocycles. The Labute approximate surface area is 111 Å². The van der Waals surface area contributed by atoms with Gasteiger partial charge in [0, 0.05) is 10.8 Å². The molecule has 0 bridgehead atoms. The highest BCUT2D eigenvalue weighted by Gasteiger charge is 2.16. The van der Waals surface area contributed by atoms with E-state index in [2.05, 4.69) is 31.9 Å². The van der Waals surface area contributed by atoms with E-state index in [1.807, 2.05) is 24.3 Å². The van der Waals surface area contributed by atoms with Gasteiger partial charge in [-0.15, -0.1) is 0 Å². The predicted octanol–water partition coefficient (Wildman–Crippen LogP) is 4.38. The lowest BCUT2D eigenvalue weighted by atomic mass is 10.1. The van der Waals surface area contributed by atoms with Crippen molar-refractivity contribution in [1.82, 2.24) is 0 Å². The van der Waals surface area contributed by atoms with Crippen LogP contribution in [0, 0.1) is 0 Å². The largest absolute Gasteiger partial charge is 0.495 e. The lowest BCUT2D eigenvalue weighted by Gasteiger charge is -2.14. The Morgan fingerprint density at radius 2 is 1.19 bits per heavy atom. The lowest BCUT2D eigenvalue weighted by molar-refractivity contribution is 0.406. The molecule has 0 aliphatic heterocycles. The second-order valence-corrected chi connectivity index (χ2v) is 4.83. The van der Waals surface area contributed by atoms with Crippen LogP contribution in [0.3, 0.4) is 0 Å². The maximum atomic E-state index is 5.41. The van der Waals surface area contributed by atoms with Crippen molar-refractivity contribution in [2.75, 3.05) is 14.2 Å². The Hall–Kier alpha value is -0.740. The first-order valence-electron chi connectivity index (χ1n) is 4.68. The van der Waals surface area contributed by atoms with Gasteiger partial charge in [0.15, 0.2) is 0 Å². The molecule has 0 atom stereocenters. The lowest BCUT2D eigenvalue weighted by Crippen LogP contribution is -1.92. The van der Waals surface area contributed by atoms with Crippen LogP contribution >= 0.6 is 31.9 Å². The van der Waals surface area contributed by atoms with Gasteiger partial charge in [-0.25, -0.2) is 0 Å². The summed E-state index contributed by atoms with van der Waals surface area (Å²) in [7, 11) is 3.32. The van der Waals surface area contributed by atoms with Gasteiger partial charge in [-0.2, -0.15) is 0 Å². The smallest absolute Gasteiger partial charge is 0.142 e. The molecule has 84 valence electrons. The highest BCUT2D eigenvalue weighted by Crippen LogP contribution is 2.46. The number of ether oxygens (including phenoxy) is 2. The molecule has 0 aromatic heterocycles. The monoisotopic (exact) mass is 344 g/mol. The Kier molecular flexibility index (Phi) is 3.40.